The molecule has 0 aliphatic rings. The van der Waals surface area contributed by atoms with Gasteiger partial charge in [0.2, 0.25) is 0 Å². The normalized spacial score (nSPS) is 11.3. The van der Waals surface area contributed by atoms with Gasteiger partial charge in [0.05, 0.1) is 6.61 Å². The van der Waals surface area contributed by atoms with E-state index in [0.717, 1.165) is 0 Å². The van der Waals surface area contributed by atoms with Gasteiger partial charge in [-0.15, -0.1) is 0 Å². The number of hydrogen-bond acceptors (Lipinski definition) is 3. The summed E-state index contributed by atoms with van der Waals surface area (Å²) in [5.41, 5.74) is 0.694. The Kier molecular flexibility index (Phi) is 5.49. The zero-order valence-corrected chi connectivity index (χ0v) is 11.6. The summed E-state index contributed by atoms with van der Waals surface area (Å²) in [6.07, 6.45) is 0. The second-order valence-electron chi connectivity index (χ2n) is 5.09. The first kappa shape index (κ1) is 15.6. The molecule has 1 aromatic rings. The van der Waals surface area contributed by atoms with Crippen LogP contribution in [0.25, 0.3) is 0 Å². The molecule has 4 heteroatoms. The van der Waals surface area contributed by atoms with Crippen LogP contribution in [0.3, 0.4) is 0 Å². The van der Waals surface area contributed by atoms with Crippen molar-refractivity contribution >= 4 is 0 Å². The molecule has 0 bridgehead atoms. The third-order valence-corrected chi connectivity index (χ3v) is 3.19. The molecule has 0 spiro atoms. The number of nitrogens with zero attached hydrogens (tertiary/aromatic N) is 1. The summed E-state index contributed by atoms with van der Waals surface area (Å²) in [7, 11) is 1.84. The Morgan fingerprint density at radius 1 is 1.32 bits per heavy atom. The Hall–Kier alpha value is -1.41. The highest BCUT2D eigenvalue weighted by Gasteiger charge is 2.23. The van der Waals surface area contributed by atoms with Crippen LogP contribution in [-0.4, -0.2) is 40.9 Å². The van der Waals surface area contributed by atoms with Gasteiger partial charge < -0.3 is 10.2 Å². The number of rotatable bonds is 4. The highest BCUT2D eigenvalue weighted by atomic mass is 19.1. The number of benzene rings is 1. The average molecular weight is 265 g/mol. The fourth-order valence-electron chi connectivity index (χ4n) is 1.49. The Bertz CT molecular complexity index is 489. The summed E-state index contributed by atoms with van der Waals surface area (Å²) in [5.74, 6) is 4.82. The molecule has 19 heavy (non-hydrogen) atoms. The zero-order valence-electron chi connectivity index (χ0n) is 11.6. The maximum absolute atomic E-state index is 13.9. The number of aliphatic hydroxyl groups is 2. The molecule has 104 valence electrons. The lowest BCUT2D eigenvalue weighted by Gasteiger charge is -2.33. The van der Waals surface area contributed by atoms with Crippen LogP contribution in [0.5, 0.6) is 0 Å². The third kappa shape index (κ3) is 4.32. The van der Waals surface area contributed by atoms with Crippen LogP contribution >= 0.6 is 0 Å². The molecule has 1 aromatic carbocycles. The largest absolute Gasteiger partial charge is 0.394 e. The van der Waals surface area contributed by atoms with E-state index in [2.05, 4.69) is 11.8 Å². The molecule has 0 saturated heterocycles. The fourth-order valence-corrected chi connectivity index (χ4v) is 1.49. The highest BCUT2D eigenvalue weighted by molar-refractivity contribution is 5.37. The summed E-state index contributed by atoms with van der Waals surface area (Å²) >= 11 is 0. The minimum Gasteiger partial charge on any atom is -0.394 e. The first-order valence-corrected chi connectivity index (χ1v) is 6.11. The zero-order chi connectivity index (χ0) is 14.5. The summed E-state index contributed by atoms with van der Waals surface area (Å²) < 4.78 is 13.9. The van der Waals surface area contributed by atoms with Crippen molar-refractivity contribution in [1.29, 1.82) is 0 Å². The van der Waals surface area contributed by atoms with Crippen LogP contribution in [0.4, 0.5) is 4.39 Å². The van der Waals surface area contributed by atoms with Crippen LogP contribution < -0.4 is 0 Å². The maximum atomic E-state index is 13.9. The van der Waals surface area contributed by atoms with Gasteiger partial charge >= 0.3 is 0 Å². The van der Waals surface area contributed by atoms with Gasteiger partial charge in [-0.05, 0) is 33.0 Å². The topological polar surface area (TPSA) is 43.7 Å². The minimum atomic E-state index is -0.401. The molecule has 0 aliphatic carbocycles. The predicted molar refractivity (Wildman–Crippen MR) is 73.0 cm³/mol. The lowest BCUT2D eigenvalue weighted by atomic mass is 10.0. The second kappa shape index (κ2) is 6.67. The van der Waals surface area contributed by atoms with Gasteiger partial charge in [0.15, 0.2) is 0 Å². The van der Waals surface area contributed by atoms with E-state index in [1.54, 1.807) is 12.1 Å². The summed E-state index contributed by atoms with van der Waals surface area (Å²) in [6, 6.07) is 4.76. The number of hydrogen-bond donors (Lipinski definition) is 2. The van der Waals surface area contributed by atoms with Gasteiger partial charge in [0, 0.05) is 23.2 Å². The molecule has 0 aliphatic heterocycles. The van der Waals surface area contributed by atoms with Crippen LogP contribution in [0.1, 0.15) is 25.0 Å². The Labute approximate surface area is 113 Å². The number of aliphatic hydroxyl groups excluding tert-OH is 2. The van der Waals surface area contributed by atoms with E-state index in [9.17, 15) is 9.50 Å². The Morgan fingerprint density at radius 2 is 2.00 bits per heavy atom. The molecule has 0 unspecified atom stereocenters. The fraction of sp³-hybridized carbons (Fsp3) is 0.467. The van der Waals surface area contributed by atoms with Crippen molar-refractivity contribution in [3.8, 4) is 11.8 Å². The first-order valence-electron chi connectivity index (χ1n) is 6.11. The van der Waals surface area contributed by atoms with E-state index in [-0.39, 0.29) is 19.0 Å². The molecular weight excluding hydrogens is 245 g/mol. The van der Waals surface area contributed by atoms with Crippen molar-refractivity contribution in [3.63, 3.8) is 0 Å². The van der Waals surface area contributed by atoms with Gasteiger partial charge in [-0.2, -0.15) is 0 Å². The van der Waals surface area contributed by atoms with Crippen molar-refractivity contribution in [2.45, 2.75) is 25.9 Å². The molecule has 2 N–H and O–H groups in total. The lowest BCUT2D eigenvalue weighted by molar-refractivity contribution is 0.0726. The lowest BCUT2D eigenvalue weighted by Crippen LogP contribution is -2.43. The van der Waals surface area contributed by atoms with E-state index in [4.69, 9.17) is 5.11 Å². The number of halogens is 1. The highest BCUT2D eigenvalue weighted by Crippen LogP contribution is 2.18. The van der Waals surface area contributed by atoms with Crippen molar-refractivity contribution in [3.05, 3.63) is 35.1 Å². The van der Waals surface area contributed by atoms with Crippen LogP contribution in [-0.2, 0) is 6.54 Å². The quantitative estimate of drug-likeness (QED) is 0.808. The monoisotopic (exact) mass is 265 g/mol. The van der Waals surface area contributed by atoms with Gasteiger partial charge in [-0.25, -0.2) is 4.39 Å². The molecule has 0 amide bonds. The SMILES string of the molecule is CN(Cc1ccc(C#CCO)cc1F)C(C)(C)CO. The molecule has 0 radical (unpaired) electrons. The molecule has 0 atom stereocenters. The van der Waals surface area contributed by atoms with Crippen molar-refractivity contribution in [1.82, 2.24) is 4.90 Å². The average Bonchev–Trinajstić information content (AvgIpc) is 2.39. The van der Waals surface area contributed by atoms with E-state index in [1.165, 1.54) is 6.07 Å². The maximum Gasteiger partial charge on any atom is 0.128 e. The van der Waals surface area contributed by atoms with E-state index in [0.29, 0.717) is 17.7 Å². The minimum absolute atomic E-state index is 0.00514. The summed E-state index contributed by atoms with van der Waals surface area (Å²) in [5, 5.41) is 17.9. The molecule has 0 aromatic heterocycles. The van der Waals surface area contributed by atoms with E-state index in [1.807, 2.05) is 25.8 Å². The predicted octanol–water partition coefficient (Wildman–Crippen LogP) is 1.37. The molecule has 0 saturated carbocycles. The molecule has 1 rings (SSSR count). The van der Waals surface area contributed by atoms with E-state index >= 15 is 0 Å². The second-order valence-corrected chi connectivity index (χ2v) is 5.09. The summed E-state index contributed by atoms with van der Waals surface area (Å²) in [6.45, 7) is 3.97. The Balaban J connectivity index is 2.86. The summed E-state index contributed by atoms with van der Waals surface area (Å²) in [4.78, 5) is 1.89. The van der Waals surface area contributed by atoms with Crippen LogP contribution in [0.15, 0.2) is 18.2 Å². The van der Waals surface area contributed by atoms with Crippen molar-refractivity contribution in [2.75, 3.05) is 20.3 Å². The Morgan fingerprint density at radius 3 is 2.53 bits per heavy atom. The van der Waals surface area contributed by atoms with Crippen LogP contribution in [0.2, 0.25) is 0 Å². The first-order chi connectivity index (χ1) is 8.90. The van der Waals surface area contributed by atoms with Crippen LogP contribution in [0, 0.1) is 17.7 Å². The molecule has 3 nitrogen and oxygen atoms in total. The van der Waals surface area contributed by atoms with Gasteiger partial charge in [0.25, 0.3) is 0 Å². The number of likely N-dealkylation sites (N-methyl/N-ethyl adjacent to an activating group) is 1. The molecule has 0 heterocycles. The molecule has 0 fully saturated rings. The standard InChI is InChI=1S/C15H20FNO2/c1-15(2,11-19)17(3)10-13-7-6-12(5-4-8-18)9-14(13)16/h6-7,9,18-19H,8,10-11H2,1-3H3. The van der Waals surface area contributed by atoms with Gasteiger partial charge in [-0.1, -0.05) is 17.9 Å². The van der Waals surface area contributed by atoms with Crippen molar-refractivity contribution in [2.24, 2.45) is 0 Å². The van der Waals surface area contributed by atoms with Crippen molar-refractivity contribution < 1.29 is 14.6 Å². The molecular formula is C15H20FNO2. The smallest absolute Gasteiger partial charge is 0.128 e. The van der Waals surface area contributed by atoms with Gasteiger partial charge in [0.1, 0.15) is 12.4 Å². The van der Waals surface area contributed by atoms with E-state index < -0.39 is 5.54 Å². The third-order valence-electron chi connectivity index (χ3n) is 3.19. The van der Waals surface area contributed by atoms with Gasteiger partial charge in [-0.3, -0.25) is 4.90 Å².